The van der Waals surface area contributed by atoms with Crippen LogP contribution in [0.2, 0.25) is 0 Å². The van der Waals surface area contributed by atoms with Crippen molar-refractivity contribution in [1.82, 2.24) is 14.7 Å². The van der Waals surface area contributed by atoms with Gasteiger partial charge in [-0.25, -0.2) is 0 Å². The van der Waals surface area contributed by atoms with Crippen molar-refractivity contribution in [3.05, 3.63) is 47.2 Å². The number of nitrogens with zero attached hydrogens (tertiary/aromatic N) is 3. The fourth-order valence-electron chi connectivity index (χ4n) is 3.95. The molecule has 0 aliphatic carbocycles. The van der Waals surface area contributed by atoms with Gasteiger partial charge in [0, 0.05) is 38.2 Å². The fraction of sp³-hybridized carbons (Fsp3) is 0.500. The van der Waals surface area contributed by atoms with Crippen LogP contribution in [0.25, 0.3) is 0 Å². The van der Waals surface area contributed by atoms with Crippen molar-refractivity contribution in [2.45, 2.75) is 31.7 Å². The van der Waals surface area contributed by atoms with Gasteiger partial charge in [0.25, 0.3) is 0 Å². The number of likely N-dealkylation sites (tertiary alicyclic amines) is 1. The molecule has 4 heteroatoms. The van der Waals surface area contributed by atoms with Gasteiger partial charge in [0.2, 0.25) is 0 Å². The topological polar surface area (TPSA) is 33.1 Å². The van der Waals surface area contributed by atoms with Crippen molar-refractivity contribution in [3.8, 4) is 0 Å². The average Bonchev–Trinajstić information content (AvgIpc) is 3.13. The van der Waals surface area contributed by atoms with Crippen molar-refractivity contribution in [3.63, 3.8) is 0 Å². The second-order valence-corrected chi connectivity index (χ2v) is 6.57. The van der Waals surface area contributed by atoms with Crippen LogP contribution >= 0.6 is 0 Å². The van der Waals surface area contributed by atoms with E-state index in [1.807, 2.05) is 4.68 Å². The molecule has 0 saturated carbocycles. The van der Waals surface area contributed by atoms with E-state index >= 15 is 0 Å². The van der Waals surface area contributed by atoms with Crippen LogP contribution in [0.3, 0.4) is 0 Å². The van der Waals surface area contributed by atoms with Crippen molar-refractivity contribution in [2.24, 2.45) is 7.05 Å². The van der Waals surface area contributed by atoms with Crippen molar-refractivity contribution in [2.75, 3.05) is 25.0 Å². The van der Waals surface area contributed by atoms with Gasteiger partial charge in [-0.15, -0.1) is 0 Å². The first-order valence-corrected chi connectivity index (χ1v) is 8.37. The highest BCUT2D eigenvalue weighted by Crippen LogP contribution is 2.34. The van der Waals surface area contributed by atoms with Gasteiger partial charge in [0.15, 0.2) is 0 Å². The minimum atomic E-state index is 0.590. The van der Waals surface area contributed by atoms with Gasteiger partial charge in [-0.05, 0) is 31.4 Å². The number of fused-ring (bicyclic) bond motifs is 1. The van der Waals surface area contributed by atoms with Crippen LogP contribution in [-0.4, -0.2) is 34.3 Å². The highest BCUT2D eigenvalue weighted by molar-refractivity contribution is 5.53. The van der Waals surface area contributed by atoms with Gasteiger partial charge in [0.1, 0.15) is 5.82 Å². The molecule has 0 spiro atoms. The van der Waals surface area contributed by atoms with Crippen LogP contribution in [0.5, 0.6) is 0 Å². The summed E-state index contributed by atoms with van der Waals surface area (Å²) in [6, 6.07) is 10.8. The Bertz CT molecular complexity index is 647. The lowest BCUT2D eigenvalue weighted by Gasteiger charge is -2.32. The second kappa shape index (κ2) is 5.76. The highest BCUT2D eigenvalue weighted by Gasteiger charge is 2.29. The van der Waals surface area contributed by atoms with Gasteiger partial charge in [0.05, 0.1) is 5.69 Å². The van der Waals surface area contributed by atoms with Crippen molar-refractivity contribution in [1.29, 1.82) is 0 Å². The monoisotopic (exact) mass is 296 g/mol. The molecule has 1 N–H and O–H groups in total. The standard InChI is InChI=1S/C18H24N4/c1-21-18-16(9-10-19-18)17(20-21)15-8-5-11-22(13-15)12-14-6-3-2-4-7-14/h2-4,6-7,15,19H,5,8-13H2,1H3. The number of aromatic nitrogens is 2. The Balaban J connectivity index is 1.51. The average molecular weight is 296 g/mol. The third-order valence-electron chi connectivity index (χ3n) is 4.99. The summed E-state index contributed by atoms with van der Waals surface area (Å²) < 4.78 is 2.04. The number of piperidine rings is 1. The SMILES string of the molecule is Cn1nc(C2CCCN(Cc3ccccc3)C2)c2c1NCC2. The number of aryl methyl sites for hydroxylation is 1. The minimum absolute atomic E-state index is 0.590. The van der Waals surface area contributed by atoms with Crippen LogP contribution in [0, 0.1) is 0 Å². The van der Waals surface area contributed by atoms with Crippen LogP contribution in [0.15, 0.2) is 30.3 Å². The molecule has 0 bridgehead atoms. The largest absolute Gasteiger partial charge is 0.370 e. The molecule has 0 amide bonds. The maximum absolute atomic E-state index is 4.82. The smallest absolute Gasteiger partial charge is 0.127 e. The lowest BCUT2D eigenvalue weighted by atomic mass is 9.91. The molecule has 1 unspecified atom stereocenters. The summed E-state index contributed by atoms with van der Waals surface area (Å²) in [5.74, 6) is 1.84. The zero-order chi connectivity index (χ0) is 14.9. The zero-order valence-corrected chi connectivity index (χ0v) is 13.3. The van der Waals surface area contributed by atoms with Gasteiger partial charge in [-0.3, -0.25) is 9.58 Å². The van der Waals surface area contributed by atoms with E-state index in [0.717, 1.165) is 26.1 Å². The summed E-state index contributed by atoms with van der Waals surface area (Å²) in [5, 5.41) is 8.29. The first kappa shape index (κ1) is 13.8. The molecule has 2 aliphatic heterocycles. The molecule has 1 aromatic heterocycles. The second-order valence-electron chi connectivity index (χ2n) is 6.57. The normalized spacial score (nSPS) is 21.6. The van der Waals surface area contributed by atoms with Gasteiger partial charge in [-0.2, -0.15) is 5.10 Å². The Morgan fingerprint density at radius 1 is 1.27 bits per heavy atom. The Labute approximate surface area is 132 Å². The number of hydrogen-bond acceptors (Lipinski definition) is 3. The number of hydrogen-bond donors (Lipinski definition) is 1. The number of benzene rings is 1. The summed E-state index contributed by atoms with van der Waals surface area (Å²) in [6.07, 6.45) is 3.68. The Morgan fingerprint density at radius 3 is 3.00 bits per heavy atom. The van der Waals surface area contributed by atoms with Crippen LogP contribution in [0.1, 0.15) is 35.6 Å². The van der Waals surface area contributed by atoms with E-state index in [-0.39, 0.29) is 0 Å². The lowest BCUT2D eigenvalue weighted by molar-refractivity contribution is 0.198. The molecule has 2 aliphatic rings. The first-order chi connectivity index (χ1) is 10.8. The minimum Gasteiger partial charge on any atom is -0.370 e. The van der Waals surface area contributed by atoms with E-state index in [2.05, 4.69) is 47.6 Å². The summed E-state index contributed by atoms with van der Waals surface area (Å²) >= 11 is 0. The van der Waals surface area contributed by atoms with E-state index < -0.39 is 0 Å². The van der Waals surface area contributed by atoms with Gasteiger partial charge in [-0.1, -0.05) is 30.3 Å². The maximum atomic E-state index is 4.82. The molecule has 4 rings (SSSR count). The molecule has 4 nitrogen and oxygen atoms in total. The van der Waals surface area contributed by atoms with Crippen LogP contribution < -0.4 is 5.32 Å². The molecule has 0 radical (unpaired) electrons. The zero-order valence-electron chi connectivity index (χ0n) is 13.3. The number of nitrogens with one attached hydrogen (secondary N) is 1. The molecule has 1 atom stereocenters. The predicted molar refractivity (Wildman–Crippen MR) is 89.1 cm³/mol. The summed E-state index contributed by atoms with van der Waals surface area (Å²) in [7, 11) is 2.06. The predicted octanol–water partition coefficient (Wildman–Crippen LogP) is 2.77. The molecule has 22 heavy (non-hydrogen) atoms. The number of rotatable bonds is 3. The maximum Gasteiger partial charge on any atom is 0.127 e. The van der Waals surface area contributed by atoms with Crippen LogP contribution in [-0.2, 0) is 20.0 Å². The Hall–Kier alpha value is -1.81. The molecule has 1 saturated heterocycles. The van der Waals surface area contributed by atoms with E-state index in [0.29, 0.717) is 5.92 Å². The van der Waals surface area contributed by atoms with E-state index in [1.54, 1.807) is 0 Å². The Kier molecular flexibility index (Phi) is 3.62. The summed E-state index contributed by atoms with van der Waals surface area (Å²) in [4.78, 5) is 2.59. The third-order valence-corrected chi connectivity index (χ3v) is 4.99. The summed E-state index contributed by atoms with van der Waals surface area (Å²) in [6.45, 7) is 4.47. The lowest BCUT2D eigenvalue weighted by Crippen LogP contribution is -2.34. The van der Waals surface area contributed by atoms with Gasteiger partial charge >= 0.3 is 0 Å². The molecule has 1 fully saturated rings. The summed E-state index contributed by atoms with van der Waals surface area (Å²) in [5.41, 5.74) is 4.23. The van der Waals surface area contributed by atoms with Crippen molar-refractivity contribution < 1.29 is 0 Å². The van der Waals surface area contributed by atoms with E-state index in [9.17, 15) is 0 Å². The highest BCUT2D eigenvalue weighted by atomic mass is 15.3. The van der Waals surface area contributed by atoms with Crippen molar-refractivity contribution >= 4 is 5.82 Å². The molecular weight excluding hydrogens is 272 g/mol. The molecule has 1 aromatic carbocycles. The Morgan fingerprint density at radius 2 is 2.14 bits per heavy atom. The van der Waals surface area contributed by atoms with E-state index in [1.165, 1.54) is 42.0 Å². The molecule has 116 valence electrons. The van der Waals surface area contributed by atoms with Crippen LogP contribution in [0.4, 0.5) is 5.82 Å². The molecular formula is C18H24N4. The quantitative estimate of drug-likeness (QED) is 0.945. The molecule has 2 aromatic rings. The first-order valence-electron chi connectivity index (χ1n) is 8.37. The third kappa shape index (κ3) is 2.52. The number of anilines is 1. The molecule has 3 heterocycles. The van der Waals surface area contributed by atoms with E-state index in [4.69, 9.17) is 5.10 Å². The fourth-order valence-corrected chi connectivity index (χ4v) is 3.95. The van der Waals surface area contributed by atoms with Gasteiger partial charge < -0.3 is 5.32 Å².